The number of hydrogen-bond donors (Lipinski definition) is 1. The van der Waals surface area contributed by atoms with Crippen molar-refractivity contribution in [1.82, 2.24) is 15.0 Å². The minimum Gasteiger partial charge on any atom is -0.383 e. The van der Waals surface area contributed by atoms with Gasteiger partial charge in [0.25, 0.3) is 0 Å². The summed E-state index contributed by atoms with van der Waals surface area (Å²) >= 11 is 0. The van der Waals surface area contributed by atoms with Gasteiger partial charge in [-0.3, -0.25) is 0 Å². The Bertz CT molecular complexity index is 1070. The maximum Gasteiger partial charge on any atom is 0.131 e. The first-order valence-electron chi connectivity index (χ1n) is 8.07. The molecular formula is C20H18N4. The SMILES string of the molecule is CCc1ncc2cc(-c3c(C)ccc4c(N)nccc34)ccc2n1. The summed E-state index contributed by atoms with van der Waals surface area (Å²) in [5.74, 6) is 1.43. The number of aromatic nitrogens is 3. The van der Waals surface area contributed by atoms with Crippen LogP contribution in [-0.4, -0.2) is 15.0 Å². The van der Waals surface area contributed by atoms with Crippen molar-refractivity contribution in [2.24, 2.45) is 0 Å². The van der Waals surface area contributed by atoms with Crippen LogP contribution in [0.3, 0.4) is 0 Å². The summed E-state index contributed by atoms with van der Waals surface area (Å²) in [7, 11) is 0. The monoisotopic (exact) mass is 314 g/mol. The summed E-state index contributed by atoms with van der Waals surface area (Å²) in [5, 5.41) is 3.15. The van der Waals surface area contributed by atoms with E-state index in [1.54, 1.807) is 6.20 Å². The van der Waals surface area contributed by atoms with Crippen molar-refractivity contribution in [3.05, 3.63) is 60.2 Å². The predicted molar refractivity (Wildman–Crippen MR) is 98.8 cm³/mol. The second-order valence-corrected chi connectivity index (χ2v) is 5.96. The van der Waals surface area contributed by atoms with E-state index in [9.17, 15) is 0 Å². The number of fused-ring (bicyclic) bond motifs is 2. The van der Waals surface area contributed by atoms with Gasteiger partial charge in [-0.25, -0.2) is 15.0 Å². The number of anilines is 1. The molecule has 0 aliphatic rings. The molecule has 0 atom stereocenters. The maximum atomic E-state index is 6.04. The van der Waals surface area contributed by atoms with Crippen molar-refractivity contribution in [1.29, 1.82) is 0 Å². The van der Waals surface area contributed by atoms with E-state index in [1.807, 2.05) is 18.3 Å². The zero-order valence-electron chi connectivity index (χ0n) is 13.7. The van der Waals surface area contributed by atoms with Crippen LogP contribution in [0.1, 0.15) is 18.3 Å². The second-order valence-electron chi connectivity index (χ2n) is 5.96. The van der Waals surface area contributed by atoms with Gasteiger partial charge in [0.15, 0.2) is 0 Å². The quantitative estimate of drug-likeness (QED) is 0.599. The molecule has 4 heteroatoms. The Kier molecular flexibility index (Phi) is 3.38. The highest BCUT2D eigenvalue weighted by molar-refractivity contribution is 6.03. The van der Waals surface area contributed by atoms with Gasteiger partial charge in [0, 0.05) is 29.6 Å². The zero-order chi connectivity index (χ0) is 16.7. The molecule has 0 aliphatic heterocycles. The zero-order valence-corrected chi connectivity index (χ0v) is 13.7. The lowest BCUT2D eigenvalue weighted by atomic mass is 9.94. The van der Waals surface area contributed by atoms with Crippen LogP contribution in [0.25, 0.3) is 32.8 Å². The maximum absolute atomic E-state index is 6.04. The molecule has 118 valence electrons. The number of aryl methyl sites for hydroxylation is 2. The summed E-state index contributed by atoms with van der Waals surface area (Å²) < 4.78 is 0. The Morgan fingerprint density at radius 3 is 2.71 bits per heavy atom. The molecule has 0 spiro atoms. The molecule has 0 bridgehead atoms. The average Bonchev–Trinajstić information content (AvgIpc) is 2.61. The second kappa shape index (κ2) is 5.57. The van der Waals surface area contributed by atoms with E-state index < -0.39 is 0 Å². The van der Waals surface area contributed by atoms with E-state index in [-0.39, 0.29) is 0 Å². The van der Waals surface area contributed by atoms with Gasteiger partial charge in [-0.05, 0) is 47.2 Å². The lowest BCUT2D eigenvalue weighted by Gasteiger charge is -2.12. The largest absolute Gasteiger partial charge is 0.383 e. The number of benzene rings is 2. The minimum absolute atomic E-state index is 0.561. The van der Waals surface area contributed by atoms with Gasteiger partial charge in [-0.2, -0.15) is 0 Å². The fourth-order valence-corrected chi connectivity index (χ4v) is 3.17. The van der Waals surface area contributed by atoms with Crippen molar-refractivity contribution in [3.63, 3.8) is 0 Å². The van der Waals surface area contributed by atoms with Gasteiger partial charge in [0.2, 0.25) is 0 Å². The van der Waals surface area contributed by atoms with Crippen LogP contribution in [0.4, 0.5) is 5.82 Å². The summed E-state index contributed by atoms with van der Waals surface area (Å²) in [6.07, 6.45) is 4.51. The Morgan fingerprint density at radius 2 is 1.88 bits per heavy atom. The molecule has 0 saturated carbocycles. The summed E-state index contributed by atoms with van der Waals surface area (Å²) in [6.45, 7) is 4.18. The molecular weight excluding hydrogens is 296 g/mol. The molecule has 0 amide bonds. The van der Waals surface area contributed by atoms with Gasteiger partial charge in [0.05, 0.1) is 5.52 Å². The van der Waals surface area contributed by atoms with Crippen LogP contribution >= 0.6 is 0 Å². The fraction of sp³-hybridized carbons (Fsp3) is 0.150. The average molecular weight is 314 g/mol. The van der Waals surface area contributed by atoms with Crippen molar-refractivity contribution in [3.8, 4) is 11.1 Å². The third-order valence-electron chi connectivity index (χ3n) is 4.42. The van der Waals surface area contributed by atoms with E-state index in [0.29, 0.717) is 5.82 Å². The fourth-order valence-electron chi connectivity index (χ4n) is 3.17. The van der Waals surface area contributed by atoms with Gasteiger partial charge in [-0.1, -0.05) is 25.1 Å². The first-order chi connectivity index (χ1) is 11.7. The lowest BCUT2D eigenvalue weighted by molar-refractivity contribution is 0.961. The highest BCUT2D eigenvalue weighted by atomic mass is 14.9. The molecule has 4 nitrogen and oxygen atoms in total. The molecule has 0 fully saturated rings. The Hall–Kier alpha value is -3.01. The van der Waals surface area contributed by atoms with Crippen LogP contribution in [0.15, 0.2) is 48.8 Å². The van der Waals surface area contributed by atoms with Crippen molar-refractivity contribution < 1.29 is 0 Å². The van der Waals surface area contributed by atoms with Crippen LogP contribution in [0.5, 0.6) is 0 Å². The van der Waals surface area contributed by atoms with E-state index in [0.717, 1.165) is 39.5 Å². The smallest absolute Gasteiger partial charge is 0.131 e. The van der Waals surface area contributed by atoms with E-state index in [4.69, 9.17) is 5.73 Å². The van der Waals surface area contributed by atoms with Gasteiger partial charge in [-0.15, -0.1) is 0 Å². The lowest BCUT2D eigenvalue weighted by Crippen LogP contribution is -1.95. The van der Waals surface area contributed by atoms with Crippen LogP contribution in [0, 0.1) is 6.92 Å². The number of rotatable bonds is 2. The third kappa shape index (κ3) is 2.27. The molecule has 4 rings (SSSR count). The van der Waals surface area contributed by atoms with Crippen molar-refractivity contribution in [2.75, 3.05) is 5.73 Å². The Morgan fingerprint density at radius 1 is 1.00 bits per heavy atom. The molecule has 24 heavy (non-hydrogen) atoms. The molecule has 0 saturated heterocycles. The standard InChI is InChI=1S/C20H18N4/c1-3-18-23-11-14-10-13(5-7-17(14)24-18)19-12(2)4-6-16-15(19)8-9-22-20(16)21/h4-11H,3H2,1-2H3,(H2,21,22). The van der Waals surface area contributed by atoms with Gasteiger partial charge >= 0.3 is 0 Å². The van der Waals surface area contributed by atoms with Crippen LogP contribution < -0.4 is 5.73 Å². The first-order valence-corrected chi connectivity index (χ1v) is 8.07. The molecule has 0 unspecified atom stereocenters. The van der Waals surface area contributed by atoms with Crippen LogP contribution in [-0.2, 0) is 6.42 Å². The molecule has 2 heterocycles. The van der Waals surface area contributed by atoms with Gasteiger partial charge in [0.1, 0.15) is 11.6 Å². The Balaban J connectivity index is 1.99. The highest BCUT2D eigenvalue weighted by Gasteiger charge is 2.10. The molecule has 2 N–H and O–H groups in total. The van der Waals surface area contributed by atoms with Gasteiger partial charge < -0.3 is 5.73 Å². The molecule has 2 aromatic carbocycles. The predicted octanol–water partition coefficient (Wildman–Crippen LogP) is 4.30. The van der Waals surface area contributed by atoms with Crippen molar-refractivity contribution >= 4 is 27.5 Å². The third-order valence-corrected chi connectivity index (χ3v) is 4.42. The van der Waals surface area contributed by atoms with Crippen molar-refractivity contribution in [2.45, 2.75) is 20.3 Å². The normalized spacial score (nSPS) is 11.2. The number of nitrogens with two attached hydrogens (primary N) is 1. The van der Waals surface area contributed by atoms with Crippen LogP contribution in [0.2, 0.25) is 0 Å². The number of pyridine rings is 1. The number of nitrogens with zero attached hydrogens (tertiary/aromatic N) is 3. The number of hydrogen-bond acceptors (Lipinski definition) is 4. The minimum atomic E-state index is 0.561. The van der Waals surface area contributed by atoms with E-state index in [2.05, 4.69) is 53.1 Å². The first kappa shape index (κ1) is 14.6. The summed E-state index contributed by atoms with van der Waals surface area (Å²) in [4.78, 5) is 13.2. The topological polar surface area (TPSA) is 64.7 Å². The Labute approximate surface area is 140 Å². The molecule has 0 radical (unpaired) electrons. The number of nitrogen functional groups attached to an aromatic ring is 1. The molecule has 4 aromatic rings. The van der Waals surface area contributed by atoms with E-state index in [1.165, 1.54) is 11.1 Å². The molecule has 0 aliphatic carbocycles. The summed E-state index contributed by atoms with van der Waals surface area (Å²) in [6, 6.07) is 12.5. The highest BCUT2D eigenvalue weighted by Crippen LogP contribution is 2.34. The molecule has 2 aromatic heterocycles. The summed E-state index contributed by atoms with van der Waals surface area (Å²) in [5.41, 5.74) is 10.6. The van der Waals surface area contributed by atoms with E-state index >= 15 is 0 Å².